The minimum atomic E-state index is -0.691. The summed E-state index contributed by atoms with van der Waals surface area (Å²) in [4.78, 5) is 32.2. The van der Waals surface area contributed by atoms with Crippen LogP contribution in [0.15, 0.2) is 66.4 Å². The molecule has 2 heterocycles. The summed E-state index contributed by atoms with van der Waals surface area (Å²) in [6, 6.07) is 10.5. The molecular formula is C28H28Br2N2O5S. The third-order valence-electron chi connectivity index (χ3n) is 5.70. The standard InChI is InChI=1S/C28H28Br2N2O5S/c1-6-35-20-10-8-17(9-11-20)24-23(27(34)36-7-2)16(5)31-28-32(24)26(33)22(38-28)13-18-12-19(29)14-21(30)25(18)37-15(3)4/h8-15,24H,6-7H2,1-5H3/b22-13-/t24-/m0/s1. The summed E-state index contributed by atoms with van der Waals surface area (Å²) in [7, 11) is 0. The van der Waals surface area contributed by atoms with Crippen LogP contribution < -0.4 is 24.4 Å². The molecule has 0 radical (unpaired) electrons. The van der Waals surface area contributed by atoms with E-state index in [-0.39, 0.29) is 18.3 Å². The molecule has 10 heteroatoms. The van der Waals surface area contributed by atoms with Crippen LogP contribution in [0.25, 0.3) is 6.08 Å². The lowest BCUT2D eigenvalue weighted by Crippen LogP contribution is -2.39. The third kappa shape index (κ3) is 5.82. The maximum Gasteiger partial charge on any atom is 0.338 e. The topological polar surface area (TPSA) is 79.1 Å². The summed E-state index contributed by atoms with van der Waals surface area (Å²) in [5, 5.41) is 0. The zero-order valence-corrected chi connectivity index (χ0v) is 25.7. The Bertz CT molecular complexity index is 1570. The van der Waals surface area contributed by atoms with Gasteiger partial charge < -0.3 is 14.2 Å². The van der Waals surface area contributed by atoms with Crippen LogP contribution in [-0.4, -0.2) is 29.9 Å². The minimum Gasteiger partial charge on any atom is -0.494 e. The fraction of sp³-hybridized carbons (Fsp3) is 0.321. The fourth-order valence-electron chi connectivity index (χ4n) is 4.21. The molecule has 200 valence electrons. The number of thiazole rings is 1. The molecule has 0 spiro atoms. The van der Waals surface area contributed by atoms with Crippen LogP contribution in [0, 0.1) is 0 Å². The molecular weight excluding hydrogens is 636 g/mol. The van der Waals surface area contributed by atoms with Crippen molar-refractivity contribution in [3.8, 4) is 11.5 Å². The van der Waals surface area contributed by atoms with E-state index in [0.29, 0.717) is 38.7 Å². The van der Waals surface area contributed by atoms with E-state index in [0.717, 1.165) is 20.1 Å². The average Bonchev–Trinajstić information content (AvgIpc) is 3.15. The average molecular weight is 664 g/mol. The van der Waals surface area contributed by atoms with Crippen molar-refractivity contribution >= 4 is 55.2 Å². The number of rotatable bonds is 8. The lowest BCUT2D eigenvalue weighted by Gasteiger charge is -2.24. The van der Waals surface area contributed by atoms with Gasteiger partial charge in [0.2, 0.25) is 0 Å². The van der Waals surface area contributed by atoms with Gasteiger partial charge in [-0.2, -0.15) is 0 Å². The lowest BCUT2D eigenvalue weighted by molar-refractivity contribution is -0.139. The highest BCUT2D eigenvalue weighted by Crippen LogP contribution is 2.35. The van der Waals surface area contributed by atoms with Gasteiger partial charge in [0.1, 0.15) is 11.5 Å². The first kappa shape index (κ1) is 28.3. The molecule has 0 N–H and O–H groups in total. The Morgan fingerprint density at radius 2 is 1.87 bits per heavy atom. The number of benzene rings is 2. The van der Waals surface area contributed by atoms with Crippen molar-refractivity contribution < 1.29 is 19.0 Å². The zero-order chi connectivity index (χ0) is 27.6. The van der Waals surface area contributed by atoms with Crippen LogP contribution in [0.4, 0.5) is 0 Å². The second-order valence-corrected chi connectivity index (χ2v) is 11.6. The van der Waals surface area contributed by atoms with Gasteiger partial charge in [0.15, 0.2) is 4.80 Å². The van der Waals surface area contributed by atoms with Gasteiger partial charge in [-0.15, -0.1) is 0 Å². The Kier molecular flexibility index (Phi) is 8.95. The quantitative estimate of drug-likeness (QED) is 0.297. The van der Waals surface area contributed by atoms with E-state index in [4.69, 9.17) is 14.2 Å². The van der Waals surface area contributed by atoms with Crippen LogP contribution in [0.3, 0.4) is 0 Å². The molecule has 0 aliphatic carbocycles. The van der Waals surface area contributed by atoms with Crippen LogP contribution in [0.5, 0.6) is 11.5 Å². The summed E-state index contributed by atoms with van der Waals surface area (Å²) < 4.78 is 20.7. The number of fused-ring (bicyclic) bond motifs is 1. The molecule has 0 fully saturated rings. The van der Waals surface area contributed by atoms with Gasteiger partial charge in [-0.3, -0.25) is 9.36 Å². The van der Waals surface area contributed by atoms with Crippen LogP contribution in [0.1, 0.15) is 51.8 Å². The van der Waals surface area contributed by atoms with Crippen molar-refractivity contribution in [2.24, 2.45) is 4.99 Å². The molecule has 1 atom stereocenters. The first-order valence-electron chi connectivity index (χ1n) is 12.2. The summed E-state index contributed by atoms with van der Waals surface area (Å²) in [5.41, 5.74) is 2.10. The Balaban J connectivity index is 1.94. The minimum absolute atomic E-state index is 0.0599. The monoisotopic (exact) mass is 662 g/mol. The predicted octanol–water partition coefficient (Wildman–Crippen LogP) is 5.51. The van der Waals surface area contributed by atoms with Crippen LogP contribution >= 0.6 is 43.2 Å². The van der Waals surface area contributed by atoms with E-state index in [1.165, 1.54) is 11.3 Å². The highest BCUT2D eigenvalue weighted by molar-refractivity contribution is 9.11. The third-order valence-corrected chi connectivity index (χ3v) is 7.73. The van der Waals surface area contributed by atoms with Crippen LogP contribution in [0.2, 0.25) is 0 Å². The number of carbonyl (C=O) groups is 1. The number of ether oxygens (including phenoxy) is 3. The van der Waals surface area contributed by atoms with Gasteiger partial charge in [0.25, 0.3) is 5.56 Å². The molecule has 0 saturated heterocycles. The molecule has 3 aromatic rings. The number of halogens is 2. The molecule has 1 aliphatic heterocycles. The molecule has 1 aliphatic rings. The summed E-state index contributed by atoms with van der Waals surface area (Å²) in [6.07, 6.45) is 1.74. The number of aromatic nitrogens is 1. The molecule has 38 heavy (non-hydrogen) atoms. The molecule has 4 rings (SSSR count). The van der Waals surface area contributed by atoms with Gasteiger partial charge in [-0.25, -0.2) is 9.79 Å². The highest BCUT2D eigenvalue weighted by atomic mass is 79.9. The number of nitrogens with zero attached hydrogens (tertiary/aromatic N) is 2. The Morgan fingerprint density at radius 3 is 2.50 bits per heavy atom. The lowest BCUT2D eigenvalue weighted by atomic mass is 9.96. The predicted molar refractivity (Wildman–Crippen MR) is 156 cm³/mol. The van der Waals surface area contributed by atoms with E-state index in [9.17, 15) is 9.59 Å². The highest BCUT2D eigenvalue weighted by Gasteiger charge is 2.33. The summed E-state index contributed by atoms with van der Waals surface area (Å²) >= 11 is 8.38. The second-order valence-electron chi connectivity index (χ2n) is 8.78. The largest absolute Gasteiger partial charge is 0.494 e. The van der Waals surface area contributed by atoms with E-state index in [2.05, 4.69) is 36.9 Å². The van der Waals surface area contributed by atoms with Gasteiger partial charge in [0, 0.05) is 10.0 Å². The number of hydrogen-bond acceptors (Lipinski definition) is 7. The van der Waals surface area contributed by atoms with E-state index < -0.39 is 12.0 Å². The van der Waals surface area contributed by atoms with E-state index in [1.54, 1.807) is 24.5 Å². The smallest absolute Gasteiger partial charge is 0.338 e. The van der Waals surface area contributed by atoms with Crippen molar-refractivity contribution in [2.45, 2.75) is 46.8 Å². The SMILES string of the molecule is CCOC(=O)C1=C(C)N=c2s/c(=C\c3cc(Br)cc(Br)c3OC(C)C)c(=O)n2[C@H]1c1ccc(OCC)cc1. The molecule has 0 amide bonds. The normalized spacial score (nSPS) is 15.4. The van der Waals surface area contributed by atoms with Crippen molar-refractivity contribution in [3.05, 3.63) is 87.4 Å². The van der Waals surface area contributed by atoms with E-state index in [1.807, 2.05) is 57.2 Å². The molecule has 7 nitrogen and oxygen atoms in total. The molecule has 2 aromatic carbocycles. The van der Waals surface area contributed by atoms with Gasteiger partial charge in [-0.05, 0) is 86.5 Å². The first-order valence-corrected chi connectivity index (χ1v) is 14.6. The number of carbonyl (C=O) groups excluding carboxylic acids is 1. The summed E-state index contributed by atoms with van der Waals surface area (Å²) in [6.45, 7) is 10.1. The molecule has 0 unspecified atom stereocenters. The van der Waals surface area contributed by atoms with Crippen LogP contribution in [-0.2, 0) is 9.53 Å². The Hall–Kier alpha value is -2.69. The van der Waals surface area contributed by atoms with Crippen molar-refractivity contribution in [1.82, 2.24) is 4.57 Å². The fourth-order valence-corrected chi connectivity index (χ4v) is 6.60. The number of hydrogen-bond donors (Lipinski definition) is 0. The second kappa shape index (κ2) is 12.0. The van der Waals surface area contributed by atoms with Crippen molar-refractivity contribution in [3.63, 3.8) is 0 Å². The number of esters is 1. The molecule has 0 bridgehead atoms. The molecule has 0 saturated carbocycles. The Labute approximate surface area is 241 Å². The number of allylic oxidation sites excluding steroid dienone is 1. The van der Waals surface area contributed by atoms with Gasteiger partial charge in [0.05, 0.1) is 45.6 Å². The zero-order valence-electron chi connectivity index (χ0n) is 21.7. The van der Waals surface area contributed by atoms with Gasteiger partial charge in [-0.1, -0.05) is 39.4 Å². The van der Waals surface area contributed by atoms with Gasteiger partial charge >= 0.3 is 5.97 Å². The van der Waals surface area contributed by atoms with Crippen molar-refractivity contribution in [2.75, 3.05) is 13.2 Å². The first-order chi connectivity index (χ1) is 18.1. The molecule has 1 aromatic heterocycles. The maximum absolute atomic E-state index is 13.9. The van der Waals surface area contributed by atoms with E-state index >= 15 is 0 Å². The van der Waals surface area contributed by atoms with Crippen molar-refractivity contribution in [1.29, 1.82) is 0 Å². The maximum atomic E-state index is 13.9. The summed E-state index contributed by atoms with van der Waals surface area (Å²) in [5.74, 6) is 0.853. The Morgan fingerprint density at radius 1 is 1.16 bits per heavy atom.